The molecule has 12 heavy (non-hydrogen) atoms. The maximum absolute atomic E-state index is 5.91. The molecule has 1 aliphatic rings. The van der Waals surface area contributed by atoms with Gasteiger partial charge < -0.3 is 5.73 Å². The molecule has 2 rings (SSSR count). The fourth-order valence-corrected chi connectivity index (χ4v) is 1.66. The molecule has 2 nitrogen and oxygen atoms in total. The fourth-order valence-electron chi connectivity index (χ4n) is 1.66. The number of rotatable bonds is 0. The largest absolute Gasteiger partial charge is 0.324 e. The van der Waals surface area contributed by atoms with E-state index < -0.39 is 0 Å². The van der Waals surface area contributed by atoms with Crippen LogP contribution in [0.5, 0.6) is 0 Å². The highest BCUT2D eigenvalue weighted by molar-refractivity contribution is 5.85. The lowest BCUT2D eigenvalue weighted by Gasteiger charge is -2.20. The molecule has 1 aromatic heterocycles. The zero-order valence-corrected chi connectivity index (χ0v) is 7.68. The van der Waals surface area contributed by atoms with E-state index in [1.54, 1.807) is 0 Å². The summed E-state index contributed by atoms with van der Waals surface area (Å²) in [5.41, 5.74) is 8.54. The summed E-state index contributed by atoms with van der Waals surface area (Å²) < 4.78 is 0. The quantitative estimate of drug-likeness (QED) is 0.669. The van der Waals surface area contributed by atoms with Crippen molar-refractivity contribution in [1.29, 1.82) is 0 Å². The lowest BCUT2D eigenvalue weighted by molar-refractivity contribution is 0.568. The van der Waals surface area contributed by atoms with Gasteiger partial charge in [-0.25, -0.2) is 0 Å². The van der Waals surface area contributed by atoms with Gasteiger partial charge in [0.2, 0.25) is 0 Å². The molecule has 1 unspecified atom stereocenters. The summed E-state index contributed by atoms with van der Waals surface area (Å²) in [6, 6.07) is 2.31. The van der Waals surface area contributed by atoms with Crippen LogP contribution in [0.25, 0.3) is 0 Å². The predicted octanol–water partition coefficient (Wildman–Crippen LogP) is 1.84. The highest BCUT2D eigenvalue weighted by atomic mass is 35.5. The van der Waals surface area contributed by atoms with Gasteiger partial charge in [0.1, 0.15) is 0 Å². The van der Waals surface area contributed by atoms with E-state index in [-0.39, 0.29) is 18.4 Å². The second-order valence-electron chi connectivity index (χ2n) is 3.07. The Kier molecular flexibility index (Phi) is 3.06. The molecule has 1 atom stereocenters. The molecule has 0 saturated carbocycles. The van der Waals surface area contributed by atoms with Gasteiger partial charge in [-0.2, -0.15) is 0 Å². The SMILES string of the molecule is Cl.NC1CCCc2ccncc21. The van der Waals surface area contributed by atoms with Crippen LogP contribution in [0.15, 0.2) is 18.5 Å². The molecule has 1 aliphatic carbocycles. The van der Waals surface area contributed by atoms with E-state index >= 15 is 0 Å². The van der Waals surface area contributed by atoms with Crippen molar-refractivity contribution in [1.82, 2.24) is 4.98 Å². The van der Waals surface area contributed by atoms with Crippen LogP contribution in [-0.4, -0.2) is 4.98 Å². The van der Waals surface area contributed by atoms with E-state index in [1.807, 2.05) is 12.4 Å². The average Bonchev–Trinajstić information content (AvgIpc) is 2.06. The average molecular weight is 185 g/mol. The predicted molar refractivity (Wildman–Crippen MR) is 51.4 cm³/mol. The topological polar surface area (TPSA) is 38.9 Å². The maximum Gasteiger partial charge on any atom is 0.0318 e. The first-order chi connectivity index (χ1) is 5.38. The van der Waals surface area contributed by atoms with Crippen molar-refractivity contribution in [3.8, 4) is 0 Å². The Bertz CT molecular complexity index is 262. The molecule has 0 amide bonds. The Morgan fingerprint density at radius 1 is 1.50 bits per heavy atom. The molecular formula is C9H13ClN2. The van der Waals surface area contributed by atoms with Gasteiger partial charge in [0, 0.05) is 18.4 Å². The molecule has 0 aromatic carbocycles. The minimum absolute atomic E-state index is 0. The molecule has 66 valence electrons. The first-order valence-corrected chi connectivity index (χ1v) is 4.06. The molecule has 1 heterocycles. The minimum Gasteiger partial charge on any atom is -0.324 e. The molecule has 0 spiro atoms. The summed E-state index contributed by atoms with van der Waals surface area (Å²) in [4.78, 5) is 4.07. The van der Waals surface area contributed by atoms with E-state index in [2.05, 4.69) is 11.1 Å². The second-order valence-corrected chi connectivity index (χ2v) is 3.07. The molecule has 0 fully saturated rings. The Hall–Kier alpha value is -0.600. The molecule has 0 saturated heterocycles. The van der Waals surface area contributed by atoms with E-state index in [1.165, 1.54) is 24.0 Å². The number of fused-ring (bicyclic) bond motifs is 1. The molecule has 0 radical (unpaired) electrons. The van der Waals surface area contributed by atoms with Crippen LogP contribution in [0.4, 0.5) is 0 Å². The molecule has 1 aromatic rings. The Labute approximate surface area is 78.6 Å². The number of hydrogen-bond acceptors (Lipinski definition) is 2. The van der Waals surface area contributed by atoms with E-state index in [4.69, 9.17) is 5.73 Å². The number of halogens is 1. The zero-order chi connectivity index (χ0) is 7.68. The third-order valence-corrected chi connectivity index (χ3v) is 2.31. The van der Waals surface area contributed by atoms with Crippen LogP contribution in [-0.2, 0) is 6.42 Å². The van der Waals surface area contributed by atoms with Crippen LogP contribution in [0, 0.1) is 0 Å². The van der Waals surface area contributed by atoms with E-state index in [0.717, 1.165) is 6.42 Å². The van der Waals surface area contributed by atoms with Crippen molar-refractivity contribution in [3.63, 3.8) is 0 Å². The monoisotopic (exact) mass is 184 g/mol. The van der Waals surface area contributed by atoms with Crippen molar-refractivity contribution < 1.29 is 0 Å². The Balaban J connectivity index is 0.000000720. The van der Waals surface area contributed by atoms with Crippen LogP contribution >= 0.6 is 12.4 Å². The highest BCUT2D eigenvalue weighted by Gasteiger charge is 2.15. The van der Waals surface area contributed by atoms with Crippen molar-refractivity contribution in [2.45, 2.75) is 25.3 Å². The highest BCUT2D eigenvalue weighted by Crippen LogP contribution is 2.26. The van der Waals surface area contributed by atoms with Crippen LogP contribution in [0.3, 0.4) is 0 Å². The van der Waals surface area contributed by atoms with Gasteiger partial charge in [-0.3, -0.25) is 4.98 Å². The summed E-state index contributed by atoms with van der Waals surface area (Å²) in [5.74, 6) is 0. The van der Waals surface area contributed by atoms with Gasteiger partial charge in [0.25, 0.3) is 0 Å². The fraction of sp³-hybridized carbons (Fsp3) is 0.444. The van der Waals surface area contributed by atoms with Gasteiger partial charge >= 0.3 is 0 Å². The standard InChI is InChI=1S/C9H12N2.ClH/c10-9-3-1-2-7-4-5-11-6-8(7)9;/h4-6,9H,1-3,10H2;1H. The molecule has 2 N–H and O–H groups in total. The molecule has 0 aliphatic heterocycles. The molecule has 3 heteroatoms. The summed E-state index contributed by atoms with van der Waals surface area (Å²) in [5, 5.41) is 0. The second kappa shape index (κ2) is 3.87. The first kappa shape index (κ1) is 9.49. The lowest BCUT2D eigenvalue weighted by atomic mass is 9.90. The smallest absolute Gasteiger partial charge is 0.0318 e. The maximum atomic E-state index is 5.91. The number of aryl methyl sites for hydroxylation is 1. The van der Waals surface area contributed by atoms with Gasteiger partial charge in [-0.1, -0.05) is 0 Å². The van der Waals surface area contributed by atoms with Crippen molar-refractivity contribution in [2.75, 3.05) is 0 Å². The van der Waals surface area contributed by atoms with Gasteiger partial charge in [-0.05, 0) is 36.5 Å². The first-order valence-electron chi connectivity index (χ1n) is 4.06. The number of nitrogens with zero attached hydrogens (tertiary/aromatic N) is 1. The number of nitrogens with two attached hydrogens (primary N) is 1. The summed E-state index contributed by atoms with van der Waals surface area (Å²) in [6.45, 7) is 0. The van der Waals surface area contributed by atoms with Gasteiger partial charge in [-0.15, -0.1) is 12.4 Å². The van der Waals surface area contributed by atoms with Gasteiger partial charge in [0.15, 0.2) is 0 Å². The normalized spacial score (nSPS) is 20.9. The van der Waals surface area contributed by atoms with Crippen LogP contribution in [0.2, 0.25) is 0 Å². The minimum atomic E-state index is 0. The Morgan fingerprint density at radius 2 is 2.33 bits per heavy atom. The third-order valence-electron chi connectivity index (χ3n) is 2.31. The summed E-state index contributed by atoms with van der Waals surface area (Å²) in [7, 11) is 0. The Morgan fingerprint density at radius 3 is 3.08 bits per heavy atom. The third kappa shape index (κ3) is 1.59. The van der Waals surface area contributed by atoms with E-state index in [0.29, 0.717) is 0 Å². The lowest BCUT2D eigenvalue weighted by Crippen LogP contribution is -2.17. The number of hydrogen-bond donors (Lipinski definition) is 1. The van der Waals surface area contributed by atoms with Crippen molar-refractivity contribution in [2.24, 2.45) is 5.73 Å². The number of aromatic nitrogens is 1. The number of pyridine rings is 1. The van der Waals surface area contributed by atoms with Crippen molar-refractivity contribution in [3.05, 3.63) is 29.6 Å². The van der Waals surface area contributed by atoms with Crippen LogP contribution in [0.1, 0.15) is 30.0 Å². The zero-order valence-electron chi connectivity index (χ0n) is 6.86. The molecular weight excluding hydrogens is 172 g/mol. The summed E-state index contributed by atoms with van der Waals surface area (Å²) in [6.07, 6.45) is 7.25. The summed E-state index contributed by atoms with van der Waals surface area (Å²) >= 11 is 0. The van der Waals surface area contributed by atoms with E-state index in [9.17, 15) is 0 Å². The molecule has 0 bridgehead atoms. The van der Waals surface area contributed by atoms with Gasteiger partial charge in [0.05, 0.1) is 0 Å². The van der Waals surface area contributed by atoms with Crippen LogP contribution < -0.4 is 5.73 Å². The van der Waals surface area contributed by atoms with Crippen molar-refractivity contribution >= 4 is 12.4 Å².